The summed E-state index contributed by atoms with van der Waals surface area (Å²) in [5.41, 5.74) is 1.26. The van der Waals surface area contributed by atoms with Gasteiger partial charge in [0, 0.05) is 11.0 Å². The van der Waals surface area contributed by atoms with Crippen LogP contribution in [0.25, 0.3) is 0 Å². The first-order chi connectivity index (χ1) is 9.79. The van der Waals surface area contributed by atoms with E-state index in [1.807, 2.05) is 0 Å². The molecular formula is C17H26BrNO. The first-order valence-corrected chi connectivity index (χ1v) is 8.66. The highest BCUT2D eigenvalue weighted by molar-refractivity contribution is 9.10. The summed E-state index contributed by atoms with van der Waals surface area (Å²) in [6, 6.07) is 8.49. The Morgan fingerprint density at radius 2 is 2.15 bits per heavy atom. The average Bonchev–Trinajstić information content (AvgIpc) is 2.96. The van der Waals surface area contributed by atoms with E-state index in [4.69, 9.17) is 4.74 Å². The van der Waals surface area contributed by atoms with Crippen LogP contribution >= 0.6 is 15.9 Å². The molecule has 20 heavy (non-hydrogen) atoms. The van der Waals surface area contributed by atoms with Crippen molar-refractivity contribution in [3.8, 4) is 0 Å². The largest absolute Gasteiger partial charge is 0.372 e. The molecule has 0 bridgehead atoms. The maximum atomic E-state index is 6.23. The lowest BCUT2D eigenvalue weighted by Crippen LogP contribution is -2.25. The third kappa shape index (κ3) is 5.19. The van der Waals surface area contributed by atoms with Crippen molar-refractivity contribution < 1.29 is 4.74 Å². The van der Waals surface area contributed by atoms with E-state index in [2.05, 4.69) is 52.4 Å². The molecule has 0 spiro atoms. The zero-order valence-corrected chi connectivity index (χ0v) is 14.0. The molecule has 1 aromatic rings. The van der Waals surface area contributed by atoms with Gasteiger partial charge in [-0.2, -0.15) is 0 Å². The van der Waals surface area contributed by atoms with Crippen LogP contribution in [0.4, 0.5) is 0 Å². The topological polar surface area (TPSA) is 21.3 Å². The van der Waals surface area contributed by atoms with E-state index >= 15 is 0 Å². The maximum Gasteiger partial charge on any atom is 0.0949 e. The fourth-order valence-electron chi connectivity index (χ4n) is 2.82. The summed E-state index contributed by atoms with van der Waals surface area (Å²) in [7, 11) is 0. The summed E-state index contributed by atoms with van der Waals surface area (Å²) in [4.78, 5) is 0. The van der Waals surface area contributed by atoms with Gasteiger partial charge in [-0.15, -0.1) is 0 Å². The first-order valence-electron chi connectivity index (χ1n) is 7.87. The summed E-state index contributed by atoms with van der Waals surface area (Å²) in [6.07, 6.45) is 6.77. The summed E-state index contributed by atoms with van der Waals surface area (Å²) >= 11 is 3.55. The quantitative estimate of drug-likeness (QED) is 0.693. The molecule has 0 amide bonds. The number of hydrogen-bond donors (Lipinski definition) is 1. The molecule has 3 heteroatoms. The van der Waals surface area contributed by atoms with Crippen LogP contribution in [0.3, 0.4) is 0 Å². The predicted octanol–water partition coefficient (Wildman–Crippen LogP) is 4.70. The van der Waals surface area contributed by atoms with Crippen molar-refractivity contribution in [1.29, 1.82) is 0 Å². The maximum absolute atomic E-state index is 6.23. The zero-order valence-electron chi connectivity index (χ0n) is 12.4. The Balaban J connectivity index is 1.92. The molecule has 0 aromatic heterocycles. The average molecular weight is 340 g/mol. The second-order valence-corrected chi connectivity index (χ2v) is 6.65. The molecule has 2 rings (SSSR count). The van der Waals surface area contributed by atoms with Crippen molar-refractivity contribution in [3.63, 3.8) is 0 Å². The van der Waals surface area contributed by atoms with Crippen LogP contribution in [0.1, 0.15) is 50.7 Å². The van der Waals surface area contributed by atoms with E-state index in [1.165, 1.54) is 31.2 Å². The lowest BCUT2D eigenvalue weighted by Gasteiger charge is -2.21. The van der Waals surface area contributed by atoms with Crippen LogP contribution < -0.4 is 5.32 Å². The molecule has 0 saturated heterocycles. The third-order valence-corrected chi connectivity index (χ3v) is 4.48. The number of halogens is 1. The number of rotatable bonds is 8. The normalized spacial score (nSPS) is 17.5. The van der Waals surface area contributed by atoms with Gasteiger partial charge in [-0.3, -0.25) is 0 Å². The van der Waals surface area contributed by atoms with Gasteiger partial charge < -0.3 is 10.1 Å². The molecule has 1 atom stereocenters. The molecule has 1 aromatic carbocycles. The first kappa shape index (κ1) is 16.0. The van der Waals surface area contributed by atoms with Gasteiger partial charge in [0.25, 0.3) is 0 Å². The summed E-state index contributed by atoms with van der Waals surface area (Å²) in [6.45, 7) is 5.06. The van der Waals surface area contributed by atoms with E-state index < -0.39 is 0 Å². The molecule has 2 nitrogen and oxygen atoms in total. The Bertz CT molecular complexity index is 390. The monoisotopic (exact) mass is 339 g/mol. The highest BCUT2D eigenvalue weighted by Gasteiger charge is 2.18. The summed E-state index contributed by atoms with van der Waals surface area (Å²) in [5.74, 6) is 0.774. The van der Waals surface area contributed by atoms with Crippen LogP contribution in [-0.2, 0) is 4.74 Å². The van der Waals surface area contributed by atoms with Crippen molar-refractivity contribution >= 4 is 15.9 Å². The van der Waals surface area contributed by atoms with Crippen molar-refractivity contribution in [3.05, 3.63) is 34.3 Å². The molecule has 0 radical (unpaired) electrons. The van der Waals surface area contributed by atoms with E-state index in [-0.39, 0.29) is 6.10 Å². The van der Waals surface area contributed by atoms with Gasteiger partial charge in [-0.1, -0.05) is 47.8 Å². The molecule has 1 aliphatic carbocycles. The van der Waals surface area contributed by atoms with Gasteiger partial charge >= 0.3 is 0 Å². The van der Waals surface area contributed by atoms with Gasteiger partial charge in [0.05, 0.1) is 12.7 Å². The fourth-order valence-corrected chi connectivity index (χ4v) is 3.24. The zero-order chi connectivity index (χ0) is 14.2. The molecule has 1 unspecified atom stereocenters. The van der Waals surface area contributed by atoms with Crippen LogP contribution in [-0.4, -0.2) is 19.7 Å². The van der Waals surface area contributed by atoms with Gasteiger partial charge in [0.1, 0.15) is 0 Å². The second kappa shape index (κ2) is 8.81. The molecule has 1 fully saturated rings. The standard InChI is InChI=1S/C17H26BrNO/c1-2-10-19-12-17(15-8-5-9-16(18)11-15)20-13-14-6-3-4-7-14/h5,8-9,11,14,17,19H,2-4,6-7,10,12-13H2,1H3. The molecule has 1 saturated carbocycles. The van der Waals surface area contributed by atoms with Crippen LogP contribution in [0.5, 0.6) is 0 Å². The Labute approximate surface area is 131 Å². The van der Waals surface area contributed by atoms with Crippen molar-refractivity contribution in [2.24, 2.45) is 5.92 Å². The molecule has 1 aliphatic rings. The summed E-state index contributed by atoms with van der Waals surface area (Å²) in [5, 5.41) is 3.49. The van der Waals surface area contributed by atoms with E-state index in [9.17, 15) is 0 Å². The van der Waals surface area contributed by atoms with Gasteiger partial charge in [-0.05, 0) is 49.4 Å². The number of nitrogens with one attached hydrogen (secondary N) is 1. The highest BCUT2D eigenvalue weighted by Crippen LogP contribution is 2.28. The lowest BCUT2D eigenvalue weighted by atomic mass is 10.1. The third-order valence-electron chi connectivity index (χ3n) is 3.98. The van der Waals surface area contributed by atoms with Crippen LogP contribution in [0, 0.1) is 5.92 Å². The number of benzene rings is 1. The van der Waals surface area contributed by atoms with E-state index in [0.29, 0.717) is 0 Å². The Morgan fingerprint density at radius 3 is 2.85 bits per heavy atom. The second-order valence-electron chi connectivity index (χ2n) is 5.73. The lowest BCUT2D eigenvalue weighted by molar-refractivity contribution is 0.0295. The van der Waals surface area contributed by atoms with Crippen LogP contribution in [0.15, 0.2) is 28.7 Å². The molecule has 0 heterocycles. The fraction of sp³-hybridized carbons (Fsp3) is 0.647. The SMILES string of the molecule is CCCNCC(OCC1CCCC1)c1cccc(Br)c1. The molecule has 0 aliphatic heterocycles. The minimum Gasteiger partial charge on any atom is -0.372 e. The van der Waals surface area contributed by atoms with Gasteiger partial charge in [-0.25, -0.2) is 0 Å². The van der Waals surface area contributed by atoms with E-state index in [0.717, 1.165) is 36.5 Å². The molecule has 1 N–H and O–H groups in total. The Kier molecular flexibility index (Phi) is 7.05. The predicted molar refractivity (Wildman–Crippen MR) is 88.0 cm³/mol. The van der Waals surface area contributed by atoms with Crippen molar-refractivity contribution in [1.82, 2.24) is 5.32 Å². The highest BCUT2D eigenvalue weighted by atomic mass is 79.9. The van der Waals surface area contributed by atoms with Gasteiger partial charge in [0.15, 0.2) is 0 Å². The minimum atomic E-state index is 0.166. The van der Waals surface area contributed by atoms with Gasteiger partial charge in [0.2, 0.25) is 0 Å². The van der Waals surface area contributed by atoms with Crippen molar-refractivity contribution in [2.45, 2.75) is 45.1 Å². The molecular weight excluding hydrogens is 314 g/mol. The Hall–Kier alpha value is -0.380. The molecule has 112 valence electrons. The summed E-state index contributed by atoms with van der Waals surface area (Å²) < 4.78 is 7.36. The van der Waals surface area contributed by atoms with Crippen molar-refractivity contribution in [2.75, 3.05) is 19.7 Å². The number of ether oxygens (including phenoxy) is 1. The Morgan fingerprint density at radius 1 is 1.35 bits per heavy atom. The van der Waals surface area contributed by atoms with Crippen LogP contribution in [0.2, 0.25) is 0 Å². The smallest absolute Gasteiger partial charge is 0.0949 e. The number of hydrogen-bond acceptors (Lipinski definition) is 2. The minimum absolute atomic E-state index is 0.166. The van der Waals surface area contributed by atoms with E-state index in [1.54, 1.807) is 0 Å².